The van der Waals surface area contributed by atoms with Gasteiger partial charge in [0, 0.05) is 11.4 Å². The molecular weight excluding hydrogens is 270 g/mol. The van der Waals surface area contributed by atoms with E-state index >= 15 is 0 Å². The second-order valence-corrected chi connectivity index (χ2v) is 5.24. The van der Waals surface area contributed by atoms with Crippen LogP contribution in [-0.2, 0) is 6.54 Å². The summed E-state index contributed by atoms with van der Waals surface area (Å²) >= 11 is 3.50. The van der Waals surface area contributed by atoms with Gasteiger partial charge in [0.25, 0.3) is 0 Å². The van der Waals surface area contributed by atoms with Crippen molar-refractivity contribution in [2.75, 3.05) is 0 Å². The van der Waals surface area contributed by atoms with Gasteiger partial charge in [0.05, 0.1) is 5.52 Å². The fourth-order valence-corrected chi connectivity index (χ4v) is 2.05. The quantitative estimate of drug-likeness (QED) is 0.809. The molecule has 0 bridgehead atoms. The van der Waals surface area contributed by atoms with Gasteiger partial charge in [-0.05, 0) is 31.0 Å². The number of alkyl halides is 1. The number of oxazole rings is 1. The molecule has 0 aliphatic heterocycles. The molecular formula is C12H14BrNO2. The lowest BCUT2D eigenvalue weighted by atomic mass is 10.1. The van der Waals surface area contributed by atoms with Crippen molar-refractivity contribution in [2.45, 2.75) is 31.6 Å². The van der Waals surface area contributed by atoms with Gasteiger partial charge >= 0.3 is 5.76 Å². The maximum absolute atomic E-state index is 11.6. The maximum atomic E-state index is 11.6. The number of halogens is 1. The lowest BCUT2D eigenvalue weighted by molar-refractivity contribution is 0.502. The Balaban J connectivity index is 2.60. The molecule has 1 unspecified atom stereocenters. The van der Waals surface area contributed by atoms with E-state index in [1.54, 1.807) is 4.57 Å². The lowest BCUT2D eigenvalue weighted by Crippen LogP contribution is -2.13. The summed E-state index contributed by atoms with van der Waals surface area (Å²) in [6.45, 7) is 4.79. The molecule has 0 radical (unpaired) electrons. The molecule has 1 aromatic carbocycles. The second-order valence-electron chi connectivity index (χ2n) is 3.86. The highest BCUT2D eigenvalue weighted by Crippen LogP contribution is 2.25. The van der Waals surface area contributed by atoms with Gasteiger partial charge in [0.1, 0.15) is 0 Å². The molecule has 1 aromatic heterocycles. The van der Waals surface area contributed by atoms with Crippen molar-refractivity contribution in [3.05, 3.63) is 34.3 Å². The third kappa shape index (κ3) is 1.94. The summed E-state index contributed by atoms with van der Waals surface area (Å²) in [7, 11) is 0. The fourth-order valence-electron chi connectivity index (χ4n) is 1.77. The standard InChI is InChI=1S/C12H14BrNO2/c1-3-6-14-10-5-4-9(8(2)13)7-11(10)16-12(14)15/h4-5,7-8H,3,6H2,1-2H3. The Morgan fingerprint density at radius 1 is 1.50 bits per heavy atom. The molecule has 0 fully saturated rings. The van der Waals surface area contributed by atoms with Gasteiger partial charge in [-0.25, -0.2) is 4.79 Å². The van der Waals surface area contributed by atoms with Crippen LogP contribution in [0.5, 0.6) is 0 Å². The zero-order valence-corrected chi connectivity index (χ0v) is 11.0. The smallest absolute Gasteiger partial charge is 0.408 e. The third-order valence-corrected chi connectivity index (χ3v) is 3.13. The Kier molecular flexibility index (Phi) is 3.19. The minimum Gasteiger partial charge on any atom is -0.408 e. The maximum Gasteiger partial charge on any atom is 0.419 e. The number of hydrogen-bond donors (Lipinski definition) is 0. The molecule has 1 atom stereocenters. The number of hydrogen-bond acceptors (Lipinski definition) is 2. The summed E-state index contributed by atoms with van der Waals surface area (Å²) in [6.07, 6.45) is 0.922. The summed E-state index contributed by atoms with van der Waals surface area (Å²) in [4.78, 5) is 11.9. The number of nitrogens with zero attached hydrogens (tertiary/aromatic N) is 1. The molecule has 2 rings (SSSR count). The molecule has 0 N–H and O–H groups in total. The number of fused-ring (bicyclic) bond motifs is 1. The molecule has 1 heterocycles. The van der Waals surface area contributed by atoms with Gasteiger partial charge in [0.15, 0.2) is 5.58 Å². The van der Waals surface area contributed by atoms with E-state index in [9.17, 15) is 4.79 Å². The molecule has 86 valence electrons. The summed E-state index contributed by atoms with van der Waals surface area (Å²) in [5, 5.41) is 0. The Morgan fingerprint density at radius 2 is 2.25 bits per heavy atom. The first-order valence-electron chi connectivity index (χ1n) is 5.41. The van der Waals surface area contributed by atoms with Gasteiger partial charge in [-0.3, -0.25) is 4.57 Å². The first-order chi connectivity index (χ1) is 7.63. The highest BCUT2D eigenvalue weighted by Gasteiger charge is 2.10. The van der Waals surface area contributed by atoms with Crippen molar-refractivity contribution < 1.29 is 4.42 Å². The molecule has 0 spiro atoms. The summed E-state index contributed by atoms with van der Waals surface area (Å²) < 4.78 is 6.91. The average Bonchev–Trinajstić information content (AvgIpc) is 2.55. The van der Waals surface area contributed by atoms with Crippen molar-refractivity contribution in [2.24, 2.45) is 0 Å². The van der Waals surface area contributed by atoms with Gasteiger partial charge in [-0.2, -0.15) is 0 Å². The van der Waals surface area contributed by atoms with E-state index in [-0.39, 0.29) is 10.6 Å². The van der Waals surface area contributed by atoms with Crippen molar-refractivity contribution in [3.63, 3.8) is 0 Å². The van der Waals surface area contributed by atoms with E-state index < -0.39 is 0 Å². The molecule has 0 aliphatic rings. The largest absolute Gasteiger partial charge is 0.419 e. The van der Waals surface area contributed by atoms with E-state index in [0.29, 0.717) is 12.1 Å². The molecule has 3 nitrogen and oxygen atoms in total. The average molecular weight is 284 g/mol. The van der Waals surface area contributed by atoms with Crippen LogP contribution in [0.15, 0.2) is 27.4 Å². The zero-order chi connectivity index (χ0) is 11.7. The Hall–Kier alpha value is -1.03. The molecule has 0 saturated carbocycles. The van der Waals surface area contributed by atoms with E-state index in [0.717, 1.165) is 17.5 Å². The van der Waals surface area contributed by atoms with Crippen molar-refractivity contribution in [1.29, 1.82) is 0 Å². The molecule has 0 saturated heterocycles. The van der Waals surface area contributed by atoms with Crippen LogP contribution in [0.4, 0.5) is 0 Å². The predicted molar refractivity (Wildman–Crippen MR) is 68.1 cm³/mol. The van der Waals surface area contributed by atoms with Crippen LogP contribution in [0, 0.1) is 0 Å². The van der Waals surface area contributed by atoms with Gasteiger partial charge in [-0.15, -0.1) is 0 Å². The predicted octanol–water partition coefficient (Wildman–Crippen LogP) is 3.46. The van der Waals surface area contributed by atoms with Crippen LogP contribution >= 0.6 is 15.9 Å². The highest BCUT2D eigenvalue weighted by atomic mass is 79.9. The fraction of sp³-hybridized carbons (Fsp3) is 0.417. The first-order valence-corrected chi connectivity index (χ1v) is 6.32. The molecule has 2 aromatic rings. The van der Waals surface area contributed by atoms with Gasteiger partial charge in [-0.1, -0.05) is 28.9 Å². The molecule has 4 heteroatoms. The monoisotopic (exact) mass is 283 g/mol. The number of aryl methyl sites for hydroxylation is 1. The third-order valence-electron chi connectivity index (χ3n) is 2.60. The summed E-state index contributed by atoms with van der Waals surface area (Å²) in [5.74, 6) is -0.267. The van der Waals surface area contributed by atoms with Crippen LogP contribution < -0.4 is 5.76 Å². The van der Waals surface area contributed by atoms with E-state index in [1.807, 2.05) is 32.0 Å². The van der Waals surface area contributed by atoms with Gasteiger partial charge in [0.2, 0.25) is 0 Å². The van der Waals surface area contributed by atoms with Crippen LogP contribution in [0.2, 0.25) is 0 Å². The van der Waals surface area contributed by atoms with Gasteiger partial charge < -0.3 is 4.42 Å². The Bertz CT molecular complexity index is 554. The molecule has 16 heavy (non-hydrogen) atoms. The summed E-state index contributed by atoms with van der Waals surface area (Å²) in [5.41, 5.74) is 2.66. The van der Waals surface area contributed by atoms with E-state index in [1.165, 1.54) is 0 Å². The molecule has 0 aliphatic carbocycles. The van der Waals surface area contributed by atoms with Crippen LogP contribution in [-0.4, -0.2) is 4.57 Å². The van der Waals surface area contributed by atoms with Crippen LogP contribution in [0.3, 0.4) is 0 Å². The number of benzene rings is 1. The Morgan fingerprint density at radius 3 is 2.88 bits per heavy atom. The number of aromatic nitrogens is 1. The van der Waals surface area contributed by atoms with Crippen LogP contribution in [0.1, 0.15) is 30.7 Å². The molecule has 0 amide bonds. The van der Waals surface area contributed by atoms with E-state index in [2.05, 4.69) is 15.9 Å². The van der Waals surface area contributed by atoms with Crippen molar-refractivity contribution in [3.8, 4) is 0 Å². The summed E-state index contributed by atoms with van der Waals surface area (Å²) in [6, 6.07) is 5.88. The highest BCUT2D eigenvalue weighted by molar-refractivity contribution is 9.09. The zero-order valence-electron chi connectivity index (χ0n) is 9.37. The van der Waals surface area contributed by atoms with Crippen molar-refractivity contribution >= 4 is 27.0 Å². The second kappa shape index (κ2) is 4.45. The van der Waals surface area contributed by atoms with E-state index in [4.69, 9.17) is 4.42 Å². The minimum atomic E-state index is -0.267. The first kappa shape index (κ1) is 11.5. The lowest BCUT2D eigenvalue weighted by Gasteiger charge is -2.03. The van der Waals surface area contributed by atoms with Crippen LogP contribution in [0.25, 0.3) is 11.1 Å². The number of rotatable bonds is 3. The normalized spacial score (nSPS) is 13.2. The Labute approximate surface area is 102 Å². The minimum absolute atomic E-state index is 0.261. The topological polar surface area (TPSA) is 35.1 Å². The SMILES string of the molecule is CCCn1c(=O)oc2cc(C(C)Br)ccc21. The van der Waals surface area contributed by atoms with Crippen molar-refractivity contribution in [1.82, 2.24) is 4.57 Å².